The highest BCUT2D eigenvalue weighted by atomic mass is 19.1. The molecular formula is C24H28FN3O3. The van der Waals surface area contributed by atoms with Gasteiger partial charge in [-0.1, -0.05) is 38.1 Å². The van der Waals surface area contributed by atoms with Crippen LogP contribution in [0.4, 0.5) is 10.1 Å². The van der Waals surface area contributed by atoms with Crippen LogP contribution in [0.2, 0.25) is 0 Å². The number of nitrogens with one attached hydrogen (secondary N) is 2. The van der Waals surface area contributed by atoms with E-state index < -0.39 is 11.7 Å². The predicted molar refractivity (Wildman–Crippen MR) is 117 cm³/mol. The average molecular weight is 426 g/mol. The largest absolute Gasteiger partial charge is 0.351 e. The number of aryl methyl sites for hydroxylation is 1. The normalized spacial score (nSPS) is 16.2. The highest BCUT2D eigenvalue weighted by Gasteiger charge is 2.28. The van der Waals surface area contributed by atoms with E-state index in [1.165, 1.54) is 18.2 Å². The van der Waals surface area contributed by atoms with Crippen molar-refractivity contribution in [3.05, 3.63) is 65.0 Å². The van der Waals surface area contributed by atoms with Gasteiger partial charge in [-0.2, -0.15) is 0 Å². The molecule has 0 aliphatic carbocycles. The molecule has 1 unspecified atom stereocenters. The lowest BCUT2D eigenvalue weighted by Gasteiger charge is -2.34. The molecule has 3 amide bonds. The Balaban J connectivity index is 1.80. The fourth-order valence-corrected chi connectivity index (χ4v) is 3.66. The van der Waals surface area contributed by atoms with Gasteiger partial charge in [-0.3, -0.25) is 14.4 Å². The molecule has 0 saturated carbocycles. The van der Waals surface area contributed by atoms with E-state index in [4.69, 9.17) is 0 Å². The molecule has 164 valence electrons. The Bertz CT molecular complexity index is 990. The van der Waals surface area contributed by atoms with Gasteiger partial charge in [0.05, 0.1) is 16.8 Å². The summed E-state index contributed by atoms with van der Waals surface area (Å²) < 4.78 is 14.0. The van der Waals surface area contributed by atoms with Crippen molar-refractivity contribution in [2.75, 3.05) is 18.4 Å². The SMILES string of the molecule is Cc1cccc(C(=O)N2CCCC(NC(=O)C(C)C)C2)c1NC(=O)c1ccccc1F. The number of amides is 3. The maximum absolute atomic E-state index is 14.0. The van der Waals surface area contributed by atoms with E-state index in [1.54, 1.807) is 36.1 Å². The molecule has 1 aliphatic heterocycles. The summed E-state index contributed by atoms with van der Waals surface area (Å²) in [5, 5.41) is 5.71. The van der Waals surface area contributed by atoms with Crippen LogP contribution in [-0.2, 0) is 4.79 Å². The Morgan fingerprint density at radius 2 is 1.77 bits per heavy atom. The van der Waals surface area contributed by atoms with Crippen molar-refractivity contribution in [2.24, 2.45) is 5.92 Å². The molecule has 3 rings (SSSR count). The molecule has 0 spiro atoms. The number of likely N-dealkylation sites (tertiary alicyclic amines) is 1. The Labute approximate surface area is 181 Å². The van der Waals surface area contributed by atoms with Gasteiger partial charge in [-0.05, 0) is 43.5 Å². The first kappa shape index (κ1) is 22.5. The Morgan fingerprint density at radius 3 is 2.48 bits per heavy atom. The highest BCUT2D eigenvalue weighted by molar-refractivity contribution is 6.09. The summed E-state index contributed by atoms with van der Waals surface area (Å²) in [5.74, 6) is -1.62. The van der Waals surface area contributed by atoms with Crippen LogP contribution in [0.15, 0.2) is 42.5 Å². The van der Waals surface area contributed by atoms with Gasteiger partial charge in [0.1, 0.15) is 5.82 Å². The Kier molecular flexibility index (Phi) is 7.05. The molecule has 0 radical (unpaired) electrons. The molecule has 2 N–H and O–H groups in total. The molecule has 7 heteroatoms. The van der Waals surface area contributed by atoms with Gasteiger partial charge in [0.25, 0.3) is 11.8 Å². The Hall–Kier alpha value is -3.22. The van der Waals surface area contributed by atoms with E-state index in [-0.39, 0.29) is 29.3 Å². The van der Waals surface area contributed by atoms with Crippen LogP contribution >= 0.6 is 0 Å². The molecule has 1 heterocycles. The number of piperidine rings is 1. The van der Waals surface area contributed by atoms with Crippen molar-refractivity contribution in [1.82, 2.24) is 10.2 Å². The lowest BCUT2D eigenvalue weighted by molar-refractivity contribution is -0.125. The van der Waals surface area contributed by atoms with Crippen molar-refractivity contribution in [1.29, 1.82) is 0 Å². The maximum atomic E-state index is 14.0. The fraction of sp³-hybridized carbons (Fsp3) is 0.375. The van der Waals surface area contributed by atoms with Crippen molar-refractivity contribution < 1.29 is 18.8 Å². The van der Waals surface area contributed by atoms with Crippen LogP contribution in [0.25, 0.3) is 0 Å². The molecule has 2 aromatic carbocycles. The number of nitrogens with zero attached hydrogens (tertiary/aromatic N) is 1. The van der Waals surface area contributed by atoms with E-state index in [1.807, 2.05) is 13.8 Å². The molecule has 31 heavy (non-hydrogen) atoms. The van der Waals surface area contributed by atoms with Crippen molar-refractivity contribution in [3.63, 3.8) is 0 Å². The smallest absolute Gasteiger partial charge is 0.258 e. The summed E-state index contributed by atoms with van der Waals surface area (Å²) in [6.45, 7) is 6.43. The lowest BCUT2D eigenvalue weighted by Crippen LogP contribution is -2.50. The van der Waals surface area contributed by atoms with Gasteiger partial charge in [-0.15, -0.1) is 0 Å². The number of halogens is 1. The third kappa shape index (κ3) is 5.29. The zero-order valence-electron chi connectivity index (χ0n) is 18.1. The monoisotopic (exact) mass is 425 g/mol. The molecule has 2 aromatic rings. The first-order valence-electron chi connectivity index (χ1n) is 10.5. The molecule has 1 aliphatic rings. The van der Waals surface area contributed by atoms with E-state index in [0.29, 0.717) is 29.9 Å². The highest BCUT2D eigenvalue weighted by Crippen LogP contribution is 2.25. The standard InChI is InChI=1S/C24H28FN3O3/c1-15(2)22(29)26-17-9-7-13-28(14-17)24(31)19-11-6-8-16(3)21(19)27-23(30)18-10-4-5-12-20(18)25/h4-6,8,10-12,15,17H,7,9,13-14H2,1-3H3,(H,26,29)(H,27,30). The number of hydrogen-bond acceptors (Lipinski definition) is 3. The van der Waals surface area contributed by atoms with Crippen molar-refractivity contribution in [2.45, 2.75) is 39.7 Å². The van der Waals surface area contributed by atoms with E-state index in [2.05, 4.69) is 10.6 Å². The van der Waals surface area contributed by atoms with Crippen LogP contribution in [0.5, 0.6) is 0 Å². The van der Waals surface area contributed by atoms with Gasteiger partial charge < -0.3 is 15.5 Å². The van der Waals surface area contributed by atoms with E-state index in [9.17, 15) is 18.8 Å². The first-order valence-corrected chi connectivity index (χ1v) is 10.5. The van der Waals surface area contributed by atoms with E-state index in [0.717, 1.165) is 12.8 Å². The number of hydrogen-bond donors (Lipinski definition) is 2. The summed E-state index contributed by atoms with van der Waals surface area (Å²) in [4.78, 5) is 39.7. The summed E-state index contributed by atoms with van der Waals surface area (Å²) in [6, 6.07) is 10.8. The summed E-state index contributed by atoms with van der Waals surface area (Å²) >= 11 is 0. The van der Waals surface area contributed by atoms with Crippen LogP contribution in [0.1, 0.15) is 53.0 Å². The quantitative estimate of drug-likeness (QED) is 0.766. The molecular weight excluding hydrogens is 397 g/mol. The van der Waals surface area contributed by atoms with Crippen LogP contribution < -0.4 is 10.6 Å². The molecule has 1 atom stereocenters. The number of benzene rings is 2. The van der Waals surface area contributed by atoms with Crippen LogP contribution in [0, 0.1) is 18.7 Å². The first-order chi connectivity index (χ1) is 14.8. The number of rotatable bonds is 5. The molecule has 0 aromatic heterocycles. The topological polar surface area (TPSA) is 78.5 Å². The second-order valence-electron chi connectivity index (χ2n) is 8.19. The average Bonchev–Trinajstić information content (AvgIpc) is 2.75. The van der Waals surface area contributed by atoms with Crippen LogP contribution in [0.3, 0.4) is 0 Å². The molecule has 0 bridgehead atoms. The molecule has 1 saturated heterocycles. The minimum Gasteiger partial charge on any atom is -0.351 e. The zero-order chi connectivity index (χ0) is 22.5. The maximum Gasteiger partial charge on any atom is 0.258 e. The number of anilines is 1. The Morgan fingerprint density at radius 1 is 1.06 bits per heavy atom. The van der Waals surface area contributed by atoms with E-state index >= 15 is 0 Å². The predicted octanol–water partition coefficient (Wildman–Crippen LogP) is 3.76. The molecule has 6 nitrogen and oxygen atoms in total. The number of carbonyl (C=O) groups excluding carboxylic acids is 3. The summed E-state index contributed by atoms with van der Waals surface area (Å²) in [6.07, 6.45) is 1.59. The van der Waals surface area contributed by atoms with Gasteiger partial charge in [0.15, 0.2) is 0 Å². The van der Waals surface area contributed by atoms with Crippen LogP contribution in [-0.4, -0.2) is 41.8 Å². The third-order valence-electron chi connectivity index (χ3n) is 5.44. The summed E-state index contributed by atoms with van der Waals surface area (Å²) in [5.41, 5.74) is 1.34. The fourth-order valence-electron chi connectivity index (χ4n) is 3.66. The third-order valence-corrected chi connectivity index (χ3v) is 5.44. The van der Waals surface area contributed by atoms with Crippen molar-refractivity contribution in [3.8, 4) is 0 Å². The van der Waals surface area contributed by atoms with Gasteiger partial charge in [0, 0.05) is 25.0 Å². The second kappa shape index (κ2) is 9.73. The summed E-state index contributed by atoms with van der Waals surface area (Å²) in [7, 11) is 0. The second-order valence-corrected chi connectivity index (χ2v) is 8.19. The molecule has 1 fully saturated rings. The zero-order valence-corrected chi connectivity index (χ0v) is 18.1. The minimum atomic E-state index is -0.624. The van der Waals surface area contributed by atoms with Gasteiger partial charge >= 0.3 is 0 Å². The number of para-hydroxylation sites is 1. The van der Waals surface area contributed by atoms with Gasteiger partial charge in [-0.25, -0.2) is 4.39 Å². The lowest BCUT2D eigenvalue weighted by atomic mass is 10.0. The minimum absolute atomic E-state index is 0.0345. The number of carbonyl (C=O) groups is 3. The van der Waals surface area contributed by atoms with Crippen molar-refractivity contribution >= 4 is 23.4 Å². The van der Waals surface area contributed by atoms with Gasteiger partial charge in [0.2, 0.25) is 5.91 Å².